The molecule has 1 aromatic rings. The Morgan fingerprint density at radius 3 is 2.83 bits per heavy atom. The van der Waals surface area contributed by atoms with Gasteiger partial charge in [-0.1, -0.05) is 12.1 Å². The van der Waals surface area contributed by atoms with Gasteiger partial charge in [0, 0.05) is 13.2 Å². The van der Waals surface area contributed by atoms with Gasteiger partial charge in [0.05, 0.1) is 24.1 Å². The van der Waals surface area contributed by atoms with Crippen LogP contribution in [0.2, 0.25) is 0 Å². The predicted octanol–water partition coefficient (Wildman–Crippen LogP) is 2.67. The number of amides is 1. The summed E-state index contributed by atoms with van der Waals surface area (Å²) in [7, 11) is 0. The van der Waals surface area contributed by atoms with Crippen LogP contribution in [-0.4, -0.2) is 30.8 Å². The Labute approximate surface area is 132 Å². The molecule has 0 bridgehead atoms. The maximum Gasteiger partial charge on any atom is 0.416 e. The van der Waals surface area contributed by atoms with Gasteiger partial charge in [0.1, 0.15) is 0 Å². The number of hydrogen-bond acceptors (Lipinski definition) is 3. The standard InChI is InChI=1S/C16H20F3NO3/c17-16(18,19)13-5-1-3-11(9-13)14(6-7-21)20-15(22)12-4-2-8-23-10-12/h1,3,5,9,12,14,21H,2,4,6-8,10H2,(H,20,22)/t12-,14+/m1/s1. The smallest absolute Gasteiger partial charge is 0.396 e. The predicted molar refractivity (Wildman–Crippen MR) is 77.6 cm³/mol. The van der Waals surface area contributed by atoms with E-state index in [1.54, 1.807) is 0 Å². The summed E-state index contributed by atoms with van der Waals surface area (Å²) < 4.78 is 43.7. The minimum atomic E-state index is -4.44. The Morgan fingerprint density at radius 1 is 1.43 bits per heavy atom. The van der Waals surface area contributed by atoms with Crippen molar-refractivity contribution in [3.63, 3.8) is 0 Å². The van der Waals surface area contributed by atoms with E-state index in [4.69, 9.17) is 9.84 Å². The van der Waals surface area contributed by atoms with Crippen LogP contribution in [0.3, 0.4) is 0 Å². The molecular formula is C16H20F3NO3. The van der Waals surface area contributed by atoms with Crippen molar-refractivity contribution in [2.45, 2.75) is 31.5 Å². The van der Waals surface area contributed by atoms with Gasteiger partial charge in [-0.15, -0.1) is 0 Å². The largest absolute Gasteiger partial charge is 0.416 e. The monoisotopic (exact) mass is 331 g/mol. The summed E-state index contributed by atoms with van der Waals surface area (Å²) in [5, 5.41) is 11.9. The van der Waals surface area contributed by atoms with Gasteiger partial charge >= 0.3 is 6.18 Å². The molecular weight excluding hydrogens is 311 g/mol. The molecule has 0 aliphatic carbocycles. The third kappa shape index (κ3) is 4.94. The zero-order chi connectivity index (χ0) is 16.9. The van der Waals surface area contributed by atoms with Gasteiger partial charge in [-0.25, -0.2) is 0 Å². The minimum absolute atomic E-state index is 0.153. The molecule has 1 aliphatic heterocycles. The second-order valence-corrected chi connectivity index (χ2v) is 5.61. The highest BCUT2D eigenvalue weighted by Gasteiger charge is 2.31. The Morgan fingerprint density at radius 2 is 2.22 bits per heavy atom. The lowest BCUT2D eigenvalue weighted by Gasteiger charge is -2.25. The van der Waals surface area contributed by atoms with Crippen LogP contribution in [0.5, 0.6) is 0 Å². The second-order valence-electron chi connectivity index (χ2n) is 5.61. The van der Waals surface area contributed by atoms with Crippen LogP contribution in [0.4, 0.5) is 13.2 Å². The molecule has 0 aromatic heterocycles. The first-order valence-corrected chi connectivity index (χ1v) is 7.58. The van der Waals surface area contributed by atoms with E-state index in [1.807, 2.05) is 0 Å². The fourth-order valence-electron chi connectivity index (χ4n) is 2.62. The number of ether oxygens (including phenoxy) is 1. The first kappa shape index (κ1) is 17.7. The van der Waals surface area contributed by atoms with E-state index in [1.165, 1.54) is 12.1 Å². The van der Waals surface area contributed by atoms with Crippen LogP contribution in [0, 0.1) is 5.92 Å². The minimum Gasteiger partial charge on any atom is -0.396 e. The normalized spacial score (nSPS) is 20.1. The molecule has 2 rings (SSSR count). The maximum absolute atomic E-state index is 12.8. The molecule has 23 heavy (non-hydrogen) atoms. The molecule has 1 aromatic carbocycles. The van der Waals surface area contributed by atoms with Crippen LogP contribution >= 0.6 is 0 Å². The van der Waals surface area contributed by atoms with Crippen molar-refractivity contribution in [2.75, 3.05) is 19.8 Å². The molecule has 128 valence electrons. The SMILES string of the molecule is O=C(N[C@@H](CCO)c1cccc(C(F)(F)F)c1)[C@@H]1CCCOC1. The van der Waals surface area contributed by atoms with Crippen molar-refractivity contribution in [3.05, 3.63) is 35.4 Å². The van der Waals surface area contributed by atoms with Crippen LogP contribution < -0.4 is 5.32 Å². The summed E-state index contributed by atoms with van der Waals surface area (Å²) in [6, 6.07) is 4.16. The summed E-state index contributed by atoms with van der Waals surface area (Å²) in [5.74, 6) is -0.545. The number of carbonyl (C=O) groups excluding carboxylic acids is 1. The molecule has 1 aliphatic rings. The summed E-state index contributed by atoms with van der Waals surface area (Å²) >= 11 is 0. The van der Waals surface area contributed by atoms with Crippen LogP contribution in [0.15, 0.2) is 24.3 Å². The van der Waals surface area contributed by atoms with E-state index in [-0.39, 0.29) is 24.9 Å². The molecule has 0 unspecified atom stereocenters. The number of hydrogen-bond donors (Lipinski definition) is 2. The van der Waals surface area contributed by atoms with Crippen LogP contribution in [0.25, 0.3) is 0 Å². The van der Waals surface area contributed by atoms with E-state index in [9.17, 15) is 18.0 Å². The van der Waals surface area contributed by atoms with Crippen molar-refractivity contribution in [1.82, 2.24) is 5.32 Å². The third-order valence-corrected chi connectivity index (χ3v) is 3.88. The van der Waals surface area contributed by atoms with Crippen molar-refractivity contribution < 1.29 is 27.8 Å². The average molecular weight is 331 g/mol. The highest BCUT2D eigenvalue weighted by atomic mass is 19.4. The average Bonchev–Trinajstić information content (AvgIpc) is 2.54. The maximum atomic E-state index is 12.8. The Hall–Kier alpha value is -1.60. The topological polar surface area (TPSA) is 58.6 Å². The van der Waals surface area contributed by atoms with Crippen molar-refractivity contribution in [2.24, 2.45) is 5.92 Å². The molecule has 1 amide bonds. The Kier molecular flexibility index (Phi) is 6.01. The number of benzene rings is 1. The quantitative estimate of drug-likeness (QED) is 0.872. The van der Waals surface area contributed by atoms with E-state index in [0.717, 1.165) is 18.6 Å². The molecule has 0 saturated carbocycles. The van der Waals surface area contributed by atoms with Crippen LogP contribution in [-0.2, 0) is 15.7 Å². The lowest BCUT2D eigenvalue weighted by Crippen LogP contribution is -2.38. The summed E-state index contributed by atoms with van der Waals surface area (Å²) in [6.07, 6.45) is -2.81. The summed E-state index contributed by atoms with van der Waals surface area (Å²) in [6.45, 7) is 0.708. The van der Waals surface area contributed by atoms with E-state index in [0.29, 0.717) is 25.2 Å². The van der Waals surface area contributed by atoms with Gasteiger partial charge in [-0.2, -0.15) is 13.2 Å². The highest BCUT2D eigenvalue weighted by molar-refractivity contribution is 5.79. The molecule has 2 atom stereocenters. The fraction of sp³-hybridized carbons (Fsp3) is 0.562. The fourth-order valence-corrected chi connectivity index (χ4v) is 2.62. The molecule has 4 nitrogen and oxygen atoms in total. The number of nitrogens with one attached hydrogen (secondary N) is 1. The molecule has 0 spiro atoms. The molecule has 1 heterocycles. The lowest BCUT2D eigenvalue weighted by atomic mass is 9.98. The van der Waals surface area contributed by atoms with Gasteiger partial charge in [-0.05, 0) is 37.0 Å². The van der Waals surface area contributed by atoms with Gasteiger partial charge in [0.25, 0.3) is 0 Å². The van der Waals surface area contributed by atoms with Gasteiger partial charge in [0.15, 0.2) is 0 Å². The number of carbonyl (C=O) groups is 1. The highest BCUT2D eigenvalue weighted by Crippen LogP contribution is 2.31. The van der Waals surface area contributed by atoms with E-state index >= 15 is 0 Å². The van der Waals surface area contributed by atoms with E-state index < -0.39 is 17.8 Å². The molecule has 7 heteroatoms. The van der Waals surface area contributed by atoms with Crippen molar-refractivity contribution >= 4 is 5.91 Å². The number of rotatable bonds is 5. The van der Waals surface area contributed by atoms with Crippen LogP contribution in [0.1, 0.15) is 36.4 Å². The number of alkyl halides is 3. The van der Waals surface area contributed by atoms with Crippen molar-refractivity contribution in [3.8, 4) is 0 Å². The third-order valence-electron chi connectivity index (χ3n) is 3.88. The summed E-state index contributed by atoms with van der Waals surface area (Å²) in [4.78, 5) is 12.2. The number of aliphatic hydroxyl groups excluding tert-OH is 1. The second kappa shape index (κ2) is 7.79. The molecule has 2 N–H and O–H groups in total. The lowest BCUT2D eigenvalue weighted by molar-refractivity contribution is -0.137. The van der Waals surface area contributed by atoms with Gasteiger partial charge < -0.3 is 15.2 Å². The van der Waals surface area contributed by atoms with Crippen molar-refractivity contribution in [1.29, 1.82) is 0 Å². The Balaban J connectivity index is 2.12. The zero-order valence-corrected chi connectivity index (χ0v) is 12.6. The van der Waals surface area contributed by atoms with E-state index in [2.05, 4.69) is 5.32 Å². The zero-order valence-electron chi connectivity index (χ0n) is 12.6. The van der Waals surface area contributed by atoms with Gasteiger partial charge in [-0.3, -0.25) is 4.79 Å². The first-order valence-electron chi connectivity index (χ1n) is 7.58. The number of aliphatic hydroxyl groups is 1. The molecule has 1 saturated heterocycles. The molecule has 1 fully saturated rings. The number of halogens is 3. The molecule has 0 radical (unpaired) electrons. The Bertz CT molecular complexity index is 528. The van der Waals surface area contributed by atoms with Gasteiger partial charge in [0.2, 0.25) is 5.91 Å². The summed E-state index contributed by atoms with van der Waals surface area (Å²) in [5.41, 5.74) is -0.438. The first-order chi connectivity index (χ1) is 10.9.